The lowest BCUT2D eigenvalue weighted by molar-refractivity contribution is 0.0772. The second kappa shape index (κ2) is 6.83. The Morgan fingerprint density at radius 1 is 1.08 bits per heavy atom. The van der Waals surface area contributed by atoms with E-state index in [0.717, 1.165) is 35.1 Å². The lowest BCUT2D eigenvalue weighted by Gasteiger charge is -2.27. The first-order valence-electron chi connectivity index (χ1n) is 7.65. The van der Waals surface area contributed by atoms with Crippen molar-refractivity contribution in [2.75, 3.05) is 20.2 Å². The van der Waals surface area contributed by atoms with Crippen LogP contribution in [-0.2, 0) is 0 Å². The van der Waals surface area contributed by atoms with E-state index in [0.29, 0.717) is 19.5 Å². The summed E-state index contributed by atoms with van der Waals surface area (Å²) in [6.45, 7) is 0.924. The minimum absolute atomic E-state index is 0.0359. The first kappa shape index (κ1) is 16.2. The van der Waals surface area contributed by atoms with E-state index in [1.807, 2.05) is 30.3 Å². The van der Waals surface area contributed by atoms with E-state index in [-0.39, 0.29) is 11.5 Å². The zero-order chi connectivity index (χ0) is 17.1. The van der Waals surface area contributed by atoms with E-state index in [1.165, 1.54) is 0 Å². The molecule has 0 spiro atoms. The topological polar surface area (TPSA) is 29.5 Å². The number of hydrogen-bond acceptors (Lipinski definition) is 2. The van der Waals surface area contributed by atoms with Crippen LogP contribution >= 0.6 is 0 Å². The van der Waals surface area contributed by atoms with Crippen molar-refractivity contribution >= 4 is 11.5 Å². The Balaban J connectivity index is 1.73. The van der Waals surface area contributed by atoms with Crippen molar-refractivity contribution in [3.8, 4) is 5.75 Å². The van der Waals surface area contributed by atoms with Crippen LogP contribution in [0.25, 0.3) is 5.57 Å². The molecule has 0 aromatic heterocycles. The van der Waals surface area contributed by atoms with Gasteiger partial charge in [0, 0.05) is 24.7 Å². The van der Waals surface area contributed by atoms with Crippen molar-refractivity contribution in [3.05, 3.63) is 71.3 Å². The second-order valence-corrected chi connectivity index (χ2v) is 5.62. The molecule has 0 N–H and O–H groups in total. The summed E-state index contributed by atoms with van der Waals surface area (Å²) < 4.78 is 31.7. The standard InChI is InChI=1S/C19H17F2NO2/c1-24-18-4-2-13(3-5-18)14-6-8-22(9-7-14)19(23)15-10-16(20)12-17(21)11-15/h2-6,10-12H,7-9H2,1H3. The third-order valence-corrected chi connectivity index (χ3v) is 4.07. The highest BCUT2D eigenvalue weighted by Crippen LogP contribution is 2.25. The van der Waals surface area contributed by atoms with Gasteiger partial charge in [-0.1, -0.05) is 18.2 Å². The van der Waals surface area contributed by atoms with Crippen LogP contribution in [0.4, 0.5) is 8.78 Å². The number of ether oxygens (including phenoxy) is 1. The average molecular weight is 329 g/mol. The summed E-state index contributed by atoms with van der Waals surface area (Å²) in [7, 11) is 1.62. The first-order valence-corrected chi connectivity index (χ1v) is 7.65. The third-order valence-electron chi connectivity index (χ3n) is 4.07. The SMILES string of the molecule is COc1ccc(C2=CCN(C(=O)c3cc(F)cc(F)c3)CC2)cc1. The Kier molecular flexibility index (Phi) is 4.60. The minimum Gasteiger partial charge on any atom is -0.497 e. The van der Waals surface area contributed by atoms with Gasteiger partial charge in [-0.15, -0.1) is 0 Å². The molecule has 5 heteroatoms. The zero-order valence-electron chi connectivity index (χ0n) is 13.3. The predicted molar refractivity (Wildman–Crippen MR) is 87.8 cm³/mol. The number of hydrogen-bond donors (Lipinski definition) is 0. The van der Waals surface area contributed by atoms with Gasteiger partial charge in [0.15, 0.2) is 0 Å². The molecule has 1 aliphatic heterocycles. The van der Waals surface area contributed by atoms with Crippen LogP contribution in [0.5, 0.6) is 5.75 Å². The van der Waals surface area contributed by atoms with E-state index < -0.39 is 11.6 Å². The maximum Gasteiger partial charge on any atom is 0.254 e. The molecule has 0 unspecified atom stereocenters. The highest BCUT2D eigenvalue weighted by atomic mass is 19.1. The van der Waals surface area contributed by atoms with Crippen molar-refractivity contribution in [1.82, 2.24) is 4.90 Å². The Morgan fingerprint density at radius 3 is 2.29 bits per heavy atom. The number of nitrogens with zero attached hydrogens (tertiary/aromatic N) is 1. The molecule has 3 rings (SSSR count). The Labute approximate surface area is 139 Å². The van der Waals surface area contributed by atoms with Gasteiger partial charge in [0.25, 0.3) is 5.91 Å². The van der Waals surface area contributed by atoms with E-state index in [1.54, 1.807) is 12.0 Å². The fourth-order valence-corrected chi connectivity index (χ4v) is 2.78. The summed E-state index contributed by atoms with van der Waals surface area (Å²) in [6, 6.07) is 10.6. The fourth-order valence-electron chi connectivity index (χ4n) is 2.78. The first-order chi connectivity index (χ1) is 11.6. The fraction of sp³-hybridized carbons (Fsp3) is 0.211. The van der Waals surface area contributed by atoms with Gasteiger partial charge < -0.3 is 9.64 Å². The zero-order valence-corrected chi connectivity index (χ0v) is 13.3. The maximum absolute atomic E-state index is 13.3. The van der Waals surface area contributed by atoms with Crippen LogP contribution in [-0.4, -0.2) is 31.0 Å². The molecule has 0 atom stereocenters. The van der Waals surface area contributed by atoms with Crippen molar-refractivity contribution < 1.29 is 18.3 Å². The van der Waals surface area contributed by atoms with E-state index in [9.17, 15) is 13.6 Å². The number of benzene rings is 2. The van der Waals surface area contributed by atoms with Gasteiger partial charge in [-0.2, -0.15) is 0 Å². The molecule has 0 bridgehead atoms. The van der Waals surface area contributed by atoms with Gasteiger partial charge in [0.2, 0.25) is 0 Å². The van der Waals surface area contributed by atoms with Gasteiger partial charge >= 0.3 is 0 Å². The highest BCUT2D eigenvalue weighted by molar-refractivity contribution is 5.94. The van der Waals surface area contributed by atoms with Crippen molar-refractivity contribution in [1.29, 1.82) is 0 Å². The van der Waals surface area contributed by atoms with Gasteiger partial charge in [-0.05, 0) is 41.8 Å². The van der Waals surface area contributed by atoms with E-state index in [2.05, 4.69) is 0 Å². The summed E-state index contributed by atoms with van der Waals surface area (Å²) in [4.78, 5) is 14.0. The number of amides is 1. The number of carbonyl (C=O) groups excluding carboxylic acids is 1. The van der Waals surface area contributed by atoms with Crippen LogP contribution in [0.3, 0.4) is 0 Å². The molecule has 0 aliphatic carbocycles. The molecule has 1 heterocycles. The Hall–Kier alpha value is -2.69. The molecule has 1 amide bonds. The van der Waals surface area contributed by atoms with Crippen LogP contribution in [0.1, 0.15) is 22.3 Å². The molecular weight excluding hydrogens is 312 g/mol. The van der Waals surface area contributed by atoms with Crippen LogP contribution in [0.2, 0.25) is 0 Å². The number of methoxy groups -OCH3 is 1. The molecule has 0 saturated heterocycles. The minimum atomic E-state index is -0.746. The van der Waals surface area contributed by atoms with Crippen molar-refractivity contribution in [2.45, 2.75) is 6.42 Å². The van der Waals surface area contributed by atoms with Crippen molar-refractivity contribution in [2.24, 2.45) is 0 Å². The molecule has 0 radical (unpaired) electrons. The summed E-state index contributed by atoms with van der Waals surface area (Å²) in [5.41, 5.74) is 2.26. The lowest BCUT2D eigenvalue weighted by Crippen LogP contribution is -2.34. The lowest BCUT2D eigenvalue weighted by atomic mass is 9.99. The van der Waals surface area contributed by atoms with E-state index in [4.69, 9.17) is 4.74 Å². The summed E-state index contributed by atoms with van der Waals surface area (Å²) in [6.07, 6.45) is 2.66. The maximum atomic E-state index is 13.3. The normalized spacial score (nSPS) is 14.3. The predicted octanol–water partition coefficient (Wildman–Crippen LogP) is 3.90. The van der Waals surface area contributed by atoms with Gasteiger partial charge in [-0.3, -0.25) is 4.79 Å². The molecule has 3 nitrogen and oxygen atoms in total. The molecule has 0 saturated carbocycles. The van der Waals surface area contributed by atoms with Crippen molar-refractivity contribution in [3.63, 3.8) is 0 Å². The largest absolute Gasteiger partial charge is 0.497 e. The van der Waals surface area contributed by atoms with Gasteiger partial charge in [-0.25, -0.2) is 8.78 Å². The molecule has 1 aliphatic rings. The van der Waals surface area contributed by atoms with Gasteiger partial charge in [0.1, 0.15) is 17.4 Å². The summed E-state index contributed by atoms with van der Waals surface area (Å²) >= 11 is 0. The third kappa shape index (κ3) is 3.45. The molecule has 124 valence electrons. The number of rotatable bonds is 3. The van der Waals surface area contributed by atoms with Crippen LogP contribution < -0.4 is 4.74 Å². The number of halogens is 2. The second-order valence-electron chi connectivity index (χ2n) is 5.62. The smallest absolute Gasteiger partial charge is 0.254 e. The Morgan fingerprint density at radius 2 is 1.75 bits per heavy atom. The van der Waals surface area contributed by atoms with Crippen LogP contribution in [0.15, 0.2) is 48.5 Å². The van der Waals surface area contributed by atoms with Crippen LogP contribution in [0, 0.1) is 11.6 Å². The quantitative estimate of drug-likeness (QED) is 0.855. The van der Waals surface area contributed by atoms with Gasteiger partial charge in [0.05, 0.1) is 7.11 Å². The molecule has 0 fully saturated rings. The van der Waals surface area contributed by atoms with E-state index >= 15 is 0 Å². The Bertz CT molecular complexity index is 764. The molecule has 2 aromatic rings. The molecule has 24 heavy (non-hydrogen) atoms. The molecular formula is C19H17F2NO2. The number of carbonyl (C=O) groups is 1. The average Bonchev–Trinajstić information content (AvgIpc) is 2.60. The highest BCUT2D eigenvalue weighted by Gasteiger charge is 2.20. The molecule has 2 aromatic carbocycles. The summed E-state index contributed by atoms with van der Waals surface area (Å²) in [5, 5.41) is 0. The monoisotopic (exact) mass is 329 g/mol. The summed E-state index contributed by atoms with van der Waals surface area (Å²) in [5.74, 6) is -1.06.